The van der Waals surface area contributed by atoms with Crippen molar-refractivity contribution >= 4 is 6.29 Å². The van der Waals surface area contributed by atoms with Gasteiger partial charge in [0.15, 0.2) is 6.29 Å². The van der Waals surface area contributed by atoms with Crippen molar-refractivity contribution in [3.8, 4) is 5.75 Å². The summed E-state index contributed by atoms with van der Waals surface area (Å²) in [6.45, 7) is 5.78. The van der Waals surface area contributed by atoms with Crippen LogP contribution >= 0.6 is 0 Å². The van der Waals surface area contributed by atoms with E-state index < -0.39 is 5.82 Å². The van der Waals surface area contributed by atoms with Crippen molar-refractivity contribution < 1.29 is 14.3 Å². The van der Waals surface area contributed by atoms with Gasteiger partial charge in [-0.1, -0.05) is 20.8 Å². The Bertz CT molecular complexity index is 308. The highest BCUT2D eigenvalue weighted by Crippen LogP contribution is 2.20. The summed E-state index contributed by atoms with van der Waals surface area (Å²) in [5, 5.41) is 9.04. The third kappa shape index (κ3) is 2.83. The zero-order chi connectivity index (χ0) is 11.1. The number of aldehydes is 1. The summed E-state index contributed by atoms with van der Waals surface area (Å²) >= 11 is 0. The topological polar surface area (TPSA) is 37.3 Å². The quantitative estimate of drug-likeness (QED) is 0.742. The van der Waals surface area contributed by atoms with Crippen molar-refractivity contribution in [2.45, 2.75) is 27.2 Å². The summed E-state index contributed by atoms with van der Waals surface area (Å²) in [7, 11) is 0. The highest BCUT2D eigenvalue weighted by molar-refractivity contribution is 5.79. The number of rotatable bonds is 2. The van der Waals surface area contributed by atoms with Gasteiger partial charge in [-0.05, 0) is 18.1 Å². The SMILES string of the molecule is CC.CCc1cc(C=O)c(O)cc1F. The molecular weight excluding hydrogens is 183 g/mol. The summed E-state index contributed by atoms with van der Waals surface area (Å²) in [6, 6.07) is 2.32. The van der Waals surface area contributed by atoms with E-state index in [0.29, 0.717) is 18.3 Å². The maximum Gasteiger partial charge on any atom is 0.153 e. The van der Waals surface area contributed by atoms with Crippen LogP contribution in [0.2, 0.25) is 0 Å². The van der Waals surface area contributed by atoms with Gasteiger partial charge in [-0.2, -0.15) is 0 Å². The number of hydrogen-bond acceptors (Lipinski definition) is 2. The fraction of sp³-hybridized carbons (Fsp3) is 0.364. The van der Waals surface area contributed by atoms with Crippen LogP contribution in [0.5, 0.6) is 5.75 Å². The third-order valence-corrected chi connectivity index (χ3v) is 1.70. The Morgan fingerprint density at radius 2 is 2.00 bits per heavy atom. The van der Waals surface area contributed by atoms with Gasteiger partial charge in [0.2, 0.25) is 0 Å². The molecule has 1 N–H and O–H groups in total. The second kappa shape index (κ2) is 6.13. The molecule has 0 spiro atoms. The molecule has 78 valence electrons. The Labute approximate surface area is 83.4 Å². The van der Waals surface area contributed by atoms with Gasteiger partial charge in [0, 0.05) is 6.07 Å². The van der Waals surface area contributed by atoms with Crippen molar-refractivity contribution in [1.82, 2.24) is 0 Å². The van der Waals surface area contributed by atoms with Crippen molar-refractivity contribution in [3.05, 3.63) is 29.1 Å². The van der Waals surface area contributed by atoms with Crippen LogP contribution in [0.4, 0.5) is 4.39 Å². The largest absolute Gasteiger partial charge is 0.507 e. The number of phenols is 1. The molecule has 0 fully saturated rings. The first-order valence-electron chi connectivity index (χ1n) is 4.65. The number of phenolic OH excluding ortho intramolecular Hbond substituents is 1. The van der Waals surface area contributed by atoms with Gasteiger partial charge in [-0.25, -0.2) is 4.39 Å². The molecule has 0 aromatic heterocycles. The Kier molecular flexibility index (Phi) is 5.53. The number of benzene rings is 1. The van der Waals surface area contributed by atoms with Crippen LogP contribution in [0.1, 0.15) is 36.7 Å². The number of carbonyl (C=O) groups excluding carboxylic acids is 1. The number of aryl methyl sites for hydroxylation is 1. The molecule has 0 atom stereocenters. The van der Waals surface area contributed by atoms with Crippen molar-refractivity contribution in [2.75, 3.05) is 0 Å². The van der Waals surface area contributed by atoms with E-state index in [1.165, 1.54) is 6.07 Å². The lowest BCUT2D eigenvalue weighted by Crippen LogP contribution is -1.91. The molecular formula is C11H15FO2. The normalized spacial score (nSPS) is 8.86. The fourth-order valence-corrected chi connectivity index (χ4v) is 0.992. The maximum absolute atomic E-state index is 12.9. The summed E-state index contributed by atoms with van der Waals surface area (Å²) in [5.74, 6) is -0.777. The third-order valence-electron chi connectivity index (χ3n) is 1.70. The summed E-state index contributed by atoms with van der Waals surface area (Å²) in [6.07, 6.45) is 1.01. The van der Waals surface area contributed by atoms with E-state index in [2.05, 4.69) is 0 Å². The van der Waals surface area contributed by atoms with Gasteiger partial charge < -0.3 is 5.11 Å². The molecule has 14 heavy (non-hydrogen) atoms. The van der Waals surface area contributed by atoms with E-state index in [1.54, 1.807) is 6.92 Å². The van der Waals surface area contributed by atoms with Crippen LogP contribution in [0.25, 0.3) is 0 Å². The molecule has 0 aliphatic heterocycles. The standard InChI is InChI=1S/C9H9FO2.C2H6/c1-2-6-3-7(5-11)9(12)4-8(6)10;1-2/h3-5,12H,2H2,1H3;1-2H3. The predicted octanol–water partition coefficient (Wildman–Crippen LogP) is 2.93. The maximum atomic E-state index is 12.9. The van der Waals surface area contributed by atoms with Crippen LogP contribution in [0.15, 0.2) is 12.1 Å². The van der Waals surface area contributed by atoms with Crippen molar-refractivity contribution in [2.24, 2.45) is 0 Å². The smallest absolute Gasteiger partial charge is 0.153 e. The van der Waals surface area contributed by atoms with Gasteiger partial charge in [0.05, 0.1) is 5.56 Å². The summed E-state index contributed by atoms with van der Waals surface area (Å²) < 4.78 is 12.9. The van der Waals surface area contributed by atoms with E-state index in [9.17, 15) is 9.18 Å². The molecule has 0 saturated heterocycles. The van der Waals surface area contributed by atoms with Crippen LogP contribution in [-0.4, -0.2) is 11.4 Å². The number of halogens is 1. The highest BCUT2D eigenvalue weighted by Gasteiger charge is 2.06. The first-order chi connectivity index (χ1) is 6.69. The lowest BCUT2D eigenvalue weighted by molar-refractivity contribution is 0.112. The van der Waals surface area contributed by atoms with E-state index in [1.807, 2.05) is 13.8 Å². The zero-order valence-corrected chi connectivity index (χ0v) is 8.67. The van der Waals surface area contributed by atoms with Crippen molar-refractivity contribution in [3.63, 3.8) is 0 Å². The minimum atomic E-state index is -0.472. The van der Waals surface area contributed by atoms with Crippen LogP contribution in [0.3, 0.4) is 0 Å². The Morgan fingerprint density at radius 3 is 2.43 bits per heavy atom. The van der Waals surface area contributed by atoms with Gasteiger partial charge in [-0.15, -0.1) is 0 Å². The predicted molar refractivity (Wildman–Crippen MR) is 54.2 cm³/mol. The Balaban J connectivity index is 0.000000791. The molecule has 0 radical (unpaired) electrons. The molecule has 1 aromatic rings. The number of hydrogen-bond donors (Lipinski definition) is 1. The molecule has 1 aromatic carbocycles. The Hall–Kier alpha value is -1.38. The first-order valence-corrected chi connectivity index (χ1v) is 4.65. The molecule has 0 heterocycles. The Morgan fingerprint density at radius 1 is 1.43 bits per heavy atom. The summed E-state index contributed by atoms with van der Waals surface area (Å²) in [5.41, 5.74) is 0.572. The zero-order valence-electron chi connectivity index (χ0n) is 8.67. The lowest BCUT2D eigenvalue weighted by atomic mass is 10.1. The van der Waals surface area contributed by atoms with E-state index in [-0.39, 0.29) is 11.3 Å². The molecule has 0 unspecified atom stereocenters. The minimum Gasteiger partial charge on any atom is -0.507 e. The van der Waals surface area contributed by atoms with E-state index in [4.69, 9.17) is 5.11 Å². The molecule has 0 aliphatic carbocycles. The van der Waals surface area contributed by atoms with Crippen molar-refractivity contribution in [1.29, 1.82) is 0 Å². The van der Waals surface area contributed by atoms with Gasteiger partial charge in [-0.3, -0.25) is 4.79 Å². The minimum absolute atomic E-state index is 0.133. The second-order valence-corrected chi connectivity index (χ2v) is 2.47. The molecule has 0 aliphatic rings. The highest BCUT2D eigenvalue weighted by atomic mass is 19.1. The van der Waals surface area contributed by atoms with Gasteiger partial charge in [0.25, 0.3) is 0 Å². The van der Waals surface area contributed by atoms with Crippen LogP contribution in [-0.2, 0) is 6.42 Å². The number of aromatic hydroxyl groups is 1. The fourth-order valence-electron chi connectivity index (χ4n) is 0.992. The molecule has 1 rings (SSSR count). The molecule has 0 bridgehead atoms. The lowest BCUT2D eigenvalue weighted by Gasteiger charge is -2.02. The monoisotopic (exact) mass is 198 g/mol. The molecule has 0 saturated carbocycles. The average molecular weight is 198 g/mol. The first kappa shape index (κ1) is 12.6. The van der Waals surface area contributed by atoms with E-state index in [0.717, 1.165) is 6.07 Å². The second-order valence-electron chi connectivity index (χ2n) is 2.47. The van der Waals surface area contributed by atoms with Gasteiger partial charge >= 0.3 is 0 Å². The molecule has 2 nitrogen and oxygen atoms in total. The van der Waals surface area contributed by atoms with Crippen LogP contribution in [0, 0.1) is 5.82 Å². The molecule has 3 heteroatoms. The van der Waals surface area contributed by atoms with Crippen LogP contribution < -0.4 is 0 Å². The number of carbonyl (C=O) groups is 1. The average Bonchev–Trinajstić information content (AvgIpc) is 2.21. The molecule has 0 amide bonds. The van der Waals surface area contributed by atoms with Gasteiger partial charge in [0.1, 0.15) is 11.6 Å². The van der Waals surface area contributed by atoms with E-state index >= 15 is 0 Å². The summed E-state index contributed by atoms with van der Waals surface area (Å²) in [4.78, 5) is 10.3.